The van der Waals surface area contributed by atoms with Gasteiger partial charge in [0.1, 0.15) is 5.75 Å². The Kier molecular flexibility index (Phi) is 2.79. The zero-order valence-corrected chi connectivity index (χ0v) is 13.8. The molecule has 0 aliphatic carbocycles. The van der Waals surface area contributed by atoms with Crippen LogP contribution in [0.25, 0.3) is 0 Å². The smallest absolute Gasteiger partial charge is 0.241 e. The van der Waals surface area contributed by atoms with E-state index < -0.39 is 23.0 Å². The first kappa shape index (κ1) is 14.7. The summed E-state index contributed by atoms with van der Waals surface area (Å²) in [6.45, 7) is 3.70. The highest BCUT2D eigenvalue weighted by Gasteiger charge is 2.70. The summed E-state index contributed by atoms with van der Waals surface area (Å²) in [5.41, 5.74) is -1.10. The van der Waals surface area contributed by atoms with Crippen LogP contribution in [0.1, 0.15) is 13.8 Å². The number of imide groups is 1. The molecule has 1 aromatic carbocycles. The van der Waals surface area contributed by atoms with Gasteiger partial charge in [-0.05, 0) is 32.0 Å². The number of ether oxygens (including phenoxy) is 2. The second-order valence-corrected chi connectivity index (χ2v) is 7.02. The quantitative estimate of drug-likeness (QED) is 0.616. The summed E-state index contributed by atoms with van der Waals surface area (Å²) in [6.07, 6.45) is 3.77. The van der Waals surface area contributed by atoms with Crippen LogP contribution in [0.2, 0.25) is 5.02 Å². The minimum absolute atomic E-state index is 0.267. The van der Waals surface area contributed by atoms with Crippen molar-refractivity contribution in [3.63, 3.8) is 0 Å². The first-order chi connectivity index (χ1) is 10.8. The average molecular weight is 334 g/mol. The Morgan fingerprint density at radius 3 is 2.22 bits per heavy atom. The lowest BCUT2D eigenvalue weighted by Crippen LogP contribution is -2.39. The number of rotatable bonds is 2. The topological polar surface area (TPSA) is 55.8 Å². The van der Waals surface area contributed by atoms with E-state index in [1.165, 1.54) is 12.0 Å². The van der Waals surface area contributed by atoms with Gasteiger partial charge in [-0.3, -0.25) is 9.59 Å². The van der Waals surface area contributed by atoms with Crippen molar-refractivity contribution in [3.8, 4) is 5.75 Å². The van der Waals surface area contributed by atoms with Crippen LogP contribution in [-0.4, -0.2) is 30.1 Å². The average Bonchev–Trinajstić information content (AvgIpc) is 3.04. The number of methoxy groups -OCH3 is 1. The molecule has 2 bridgehead atoms. The van der Waals surface area contributed by atoms with E-state index in [1.54, 1.807) is 18.2 Å². The summed E-state index contributed by atoms with van der Waals surface area (Å²) in [5, 5.41) is 0.438. The van der Waals surface area contributed by atoms with Gasteiger partial charge < -0.3 is 9.47 Å². The number of anilines is 1. The normalized spacial score (nSPS) is 37.7. The predicted octanol–water partition coefficient (Wildman–Crippen LogP) is 2.57. The molecule has 4 rings (SSSR count). The van der Waals surface area contributed by atoms with E-state index in [0.717, 1.165) is 0 Å². The Balaban J connectivity index is 1.84. The number of hydrogen-bond donors (Lipinski definition) is 0. The van der Waals surface area contributed by atoms with E-state index in [-0.39, 0.29) is 11.8 Å². The summed E-state index contributed by atoms with van der Waals surface area (Å²) in [5.74, 6) is -1.14. The largest absolute Gasteiger partial charge is 0.495 e. The Hall–Kier alpha value is -1.85. The molecule has 0 unspecified atom stereocenters. The van der Waals surface area contributed by atoms with E-state index in [1.807, 2.05) is 26.0 Å². The van der Waals surface area contributed by atoms with Crippen molar-refractivity contribution in [2.24, 2.45) is 11.8 Å². The molecule has 5 nitrogen and oxygen atoms in total. The summed E-state index contributed by atoms with van der Waals surface area (Å²) in [7, 11) is 1.50. The number of carbonyl (C=O) groups excluding carboxylic acids is 2. The number of carbonyl (C=O) groups is 2. The van der Waals surface area contributed by atoms with Gasteiger partial charge in [-0.15, -0.1) is 0 Å². The fourth-order valence-electron chi connectivity index (χ4n) is 4.11. The van der Waals surface area contributed by atoms with Crippen LogP contribution in [-0.2, 0) is 14.3 Å². The molecule has 0 saturated carbocycles. The maximum absolute atomic E-state index is 13.0. The second-order valence-electron chi connectivity index (χ2n) is 6.59. The van der Waals surface area contributed by atoms with Crippen LogP contribution in [0.15, 0.2) is 30.4 Å². The SMILES string of the molecule is COc1ccc(Cl)cc1N1C(=O)[C@@H]2[C@H](C1=O)[C@@]1(C)C=C[C@@]2(C)O1. The van der Waals surface area contributed by atoms with E-state index >= 15 is 0 Å². The van der Waals surface area contributed by atoms with E-state index in [9.17, 15) is 9.59 Å². The molecule has 6 heteroatoms. The first-order valence-electron chi connectivity index (χ1n) is 7.43. The van der Waals surface area contributed by atoms with Crippen LogP contribution in [0.3, 0.4) is 0 Å². The minimum Gasteiger partial charge on any atom is -0.495 e. The van der Waals surface area contributed by atoms with Gasteiger partial charge in [0.2, 0.25) is 11.8 Å². The molecule has 23 heavy (non-hydrogen) atoms. The molecule has 2 amide bonds. The van der Waals surface area contributed by atoms with Crippen LogP contribution in [0.4, 0.5) is 5.69 Å². The van der Waals surface area contributed by atoms with Crippen LogP contribution < -0.4 is 9.64 Å². The van der Waals surface area contributed by atoms with Gasteiger partial charge in [0, 0.05) is 5.02 Å². The van der Waals surface area contributed by atoms with Gasteiger partial charge in [0.15, 0.2) is 0 Å². The molecule has 0 aromatic heterocycles. The van der Waals surface area contributed by atoms with E-state index in [0.29, 0.717) is 16.5 Å². The Labute approximate surface area is 138 Å². The molecule has 3 aliphatic rings. The van der Waals surface area contributed by atoms with Gasteiger partial charge in [-0.1, -0.05) is 23.8 Å². The molecule has 2 saturated heterocycles. The fraction of sp³-hybridized carbons (Fsp3) is 0.412. The molecule has 4 atom stereocenters. The Morgan fingerprint density at radius 2 is 1.70 bits per heavy atom. The van der Waals surface area contributed by atoms with Crippen LogP contribution in [0, 0.1) is 11.8 Å². The number of amides is 2. The van der Waals surface area contributed by atoms with Gasteiger partial charge in [0.05, 0.1) is 35.8 Å². The van der Waals surface area contributed by atoms with Gasteiger partial charge >= 0.3 is 0 Å². The number of halogens is 1. The van der Waals surface area contributed by atoms with E-state index in [2.05, 4.69) is 0 Å². The summed E-state index contributed by atoms with van der Waals surface area (Å²) >= 11 is 6.05. The predicted molar refractivity (Wildman–Crippen MR) is 84.5 cm³/mol. The molecule has 120 valence electrons. The molecule has 0 spiro atoms. The summed E-state index contributed by atoms with van der Waals surface area (Å²) in [4.78, 5) is 27.2. The minimum atomic E-state index is -0.743. The van der Waals surface area contributed by atoms with Gasteiger partial charge in [-0.2, -0.15) is 0 Å². The molecule has 3 aliphatic heterocycles. The first-order valence-corrected chi connectivity index (χ1v) is 7.80. The molecular formula is C17H16ClNO4. The van der Waals surface area contributed by atoms with Crippen molar-refractivity contribution >= 4 is 29.1 Å². The Morgan fingerprint density at radius 1 is 1.13 bits per heavy atom. The highest BCUT2D eigenvalue weighted by molar-refractivity contribution is 6.31. The van der Waals surface area contributed by atoms with Gasteiger partial charge in [-0.25, -0.2) is 4.90 Å². The zero-order chi connectivity index (χ0) is 16.6. The molecule has 0 radical (unpaired) electrons. The summed E-state index contributed by atoms with van der Waals surface area (Å²) in [6, 6.07) is 4.89. The third-order valence-electron chi connectivity index (χ3n) is 5.11. The van der Waals surface area contributed by atoms with Crippen molar-refractivity contribution in [2.75, 3.05) is 12.0 Å². The standard InChI is InChI=1S/C17H16ClNO4/c1-16-6-7-17(2,23-16)13-12(16)14(20)19(15(13)21)10-8-9(18)4-5-11(10)22-3/h4-8,12-13H,1-3H3/t12-,13+,16-,17-/m1/s1. The molecule has 0 N–H and O–H groups in total. The third kappa shape index (κ3) is 1.72. The lowest BCUT2D eigenvalue weighted by molar-refractivity contribution is -0.128. The Bertz CT molecular complexity index is 740. The number of hydrogen-bond acceptors (Lipinski definition) is 4. The van der Waals surface area contributed by atoms with Crippen molar-refractivity contribution in [3.05, 3.63) is 35.4 Å². The lowest BCUT2D eigenvalue weighted by Gasteiger charge is -2.26. The maximum Gasteiger partial charge on any atom is 0.241 e. The number of benzene rings is 1. The van der Waals surface area contributed by atoms with E-state index in [4.69, 9.17) is 21.1 Å². The van der Waals surface area contributed by atoms with Gasteiger partial charge in [0.25, 0.3) is 0 Å². The molecule has 1 aromatic rings. The van der Waals surface area contributed by atoms with Crippen LogP contribution >= 0.6 is 11.6 Å². The molecule has 3 heterocycles. The highest BCUT2D eigenvalue weighted by Crippen LogP contribution is 2.58. The monoisotopic (exact) mass is 333 g/mol. The number of fused-ring (bicyclic) bond motifs is 5. The van der Waals surface area contributed by atoms with Crippen molar-refractivity contribution < 1.29 is 19.1 Å². The molecule has 2 fully saturated rings. The second kappa shape index (κ2) is 4.36. The molecular weight excluding hydrogens is 318 g/mol. The zero-order valence-electron chi connectivity index (χ0n) is 13.0. The van der Waals surface area contributed by atoms with Crippen LogP contribution in [0.5, 0.6) is 5.75 Å². The summed E-state index contributed by atoms with van der Waals surface area (Å²) < 4.78 is 11.3. The van der Waals surface area contributed by atoms with Crippen molar-refractivity contribution in [2.45, 2.75) is 25.0 Å². The highest BCUT2D eigenvalue weighted by atomic mass is 35.5. The van der Waals surface area contributed by atoms with Crippen molar-refractivity contribution in [1.29, 1.82) is 0 Å². The third-order valence-corrected chi connectivity index (χ3v) is 5.34. The maximum atomic E-state index is 13.0. The fourth-order valence-corrected chi connectivity index (χ4v) is 4.27. The van der Waals surface area contributed by atoms with Crippen molar-refractivity contribution in [1.82, 2.24) is 0 Å². The number of nitrogens with zero attached hydrogens (tertiary/aromatic N) is 1. The lowest BCUT2D eigenvalue weighted by atomic mass is 9.73.